The van der Waals surface area contributed by atoms with Crippen molar-refractivity contribution in [2.75, 3.05) is 0 Å². The molecule has 0 saturated heterocycles. The Bertz CT molecular complexity index is 416. The number of nitro benzene ring substituents is 1. The van der Waals surface area contributed by atoms with Crippen LogP contribution in [0.25, 0.3) is 0 Å². The van der Waals surface area contributed by atoms with E-state index in [9.17, 15) is 24.1 Å². The number of hydrogen-bond donors (Lipinski definition) is 0. The van der Waals surface area contributed by atoms with Gasteiger partial charge in [0.05, 0.1) is 22.1 Å². The van der Waals surface area contributed by atoms with Gasteiger partial charge >= 0.3 is 0 Å². The van der Waals surface area contributed by atoms with E-state index in [1.54, 1.807) is 0 Å². The summed E-state index contributed by atoms with van der Waals surface area (Å²) in [5, 5.41) is 10.3. The molecule has 0 aromatic heterocycles. The SMILES string of the molecule is O=Cc1cc(C=O)c([N+](=O)[O-])cc1F. The molecule has 1 rings (SSSR count). The summed E-state index contributed by atoms with van der Waals surface area (Å²) in [5.74, 6) is -1.02. The molecule has 0 amide bonds. The largest absolute Gasteiger partial charge is 0.298 e. The van der Waals surface area contributed by atoms with Gasteiger partial charge in [0.1, 0.15) is 5.82 Å². The average molecular weight is 197 g/mol. The summed E-state index contributed by atoms with van der Waals surface area (Å²) in [4.78, 5) is 30.1. The Hall–Kier alpha value is -2.11. The quantitative estimate of drug-likeness (QED) is 0.416. The lowest BCUT2D eigenvalue weighted by atomic mass is 10.1. The minimum Gasteiger partial charge on any atom is -0.298 e. The normalized spacial score (nSPS) is 9.50. The highest BCUT2D eigenvalue weighted by Crippen LogP contribution is 2.20. The molecular weight excluding hydrogens is 193 g/mol. The molecule has 6 heteroatoms. The molecule has 0 bridgehead atoms. The molecule has 14 heavy (non-hydrogen) atoms. The van der Waals surface area contributed by atoms with Crippen LogP contribution in [-0.2, 0) is 0 Å². The van der Waals surface area contributed by atoms with E-state index in [0.29, 0.717) is 6.07 Å². The van der Waals surface area contributed by atoms with E-state index in [2.05, 4.69) is 0 Å². The number of nitrogens with zero attached hydrogens (tertiary/aromatic N) is 1. The van der Waals surface area contributed by atoms with Gasteiger partial charge in [-0.25, -0.2) is 4.39 Å². The topological polar surface area (TPSA) is 77.3 Å². The van der Waals surface area contributed by atoms with Crippen LogP contribution in [0.4, 0.5) is 10.1 Å². The standard InChI is InChI=1S/C8H4FNO4/c9-7-2-8(10(13)14)6(4-12)1-5(7)3-11/h1-4H. The molecule has 0 aliphatic heterocycles. The van der Waals surface area contributed by atoms with E-state index in [0.717, 1.165) is 6.07 Å². The molecule has 72 valence electrons. The fraction of sp³-hybridized carbons (Fsp3) is 0. The van der Waals surface area contributed by atoms with Crippen molar-refractivity contribution >= 4 is 18.3 Å². The lowest BCUT2D eigenvalue weighted by Gasteiger charge is -1.98. The van der Waals surface area contributed by atoms with E-state index < -0.39 is 16.4 Å². The third-order valence-electron chi connectivity index (χ3n) is 1.60. The first kappa shape index (κ1) is 9.97. The molecular formula is C8H4FNO4. The molecule has 0 aliphatic rings. The monoisotopic (exact) mass is 197 g/mol. The second-order valence-electron chi connectivity index (χ2n) is 2.43. The maximum atomic E-state index is 12.9. The molecule has 0 atom stereocenters. The highest BCUT2D eigenvalue weighted by atomic mass is 19.1. The Morgan fingerprint density at radius 2 is 1.79 bits per heavy atom. The molecule has 0 N–H and O–H groups in total. The van der Waals surface area contributed by atoms with Crippen molar-refractivity contribution < 1.29 is 18.9 Å². The number of carbonyl (C=O) groups excluding carboxylic acids is 2. The summed E-state index contributed by atoms with van der Waals surface area (Å²) < 4.78 is 12.9. The number of benzene rings is 1. The van der Waals surface area contributed by atoms with Crippen LogP contribution in [0.1, 0.15) is 20.7 Å². The number of halogens is 1. The first-order valence-electron chi connectivity index (χ1n) is 3.48. The summed E-state index contributed by atoms with van der Waals surface area (Å²) in [6.07, 6.45) is 0.386. The Kier molecular flexibility index (Phi) is 2.66. The highest BCUT2D eigenvalue weighted by molar-refractivity contribution is 5.86. The van der Waals surface area contributed by atoms with E-state index in [1.807, 2.05) is 0 Å². The summed E-state index contributed by atoms with van der Waals surface area (Å²) in [6, 6.07) is 1.39. The van der Waals surface area contributed by atoms with Gasteiger partial charge in [0.15, 0.2) is 12.6 Å². The van der Waals surface area contributed by atoms with Crippen LogP contribution >= 0.6 is 0 Å². The van der Waals surface area contributed by atoms with Crippen LogP contribution in [0.3, 0.4) is 0 Å². The predicted molar refractivity (Wildman–Crippen MR) is 43.8 cm³/mol. The zero-order chi connectivity index (χ0) is 10.7. The Balaban J connectivity index is 3.46. The van der Waals surface area contributed by atoms with Crippen molar-refractivity contribution in [3.8, 4) is 0 Å². The van der Waals surface area contributed by atoms with Gasteiger partial charge in [-0.3, -0.25) is 19.7 Å². The molecule has 1 aromatic carbocycles. The van der Waals surface area contributed by atoms with E-state index in [-0.39, 0.29) is 23.7 Å². The van der Waals surface area contributed by atoms with Crippen LogP contribution in [0.2, 0.25) is 0 Å². The minimum atomic E-state index is -1.02. The van der Waals surface area contributed by atoms with Gasteiger partial charge in [-0.05, 0) is 6.07 Å². The van der Waals surface area contributed by atoms with Gasteiger partial charge < -0.3 is 0 Å². The first-order chi connectivity index (χ1) is 6.60. The Morgan fingerprint density at radius 1 is 1.21 bits per heavy atom. The number of aldehydes is 2. The number of rotatable bonds is 3. The number of carbonyl (C=O) groups is 2. The number of hydrogen-bond acceptors (Lipinski definition) is 4. The minimum absolute atomic E-state index is 0.187. The summed E-state index contributed by atoms with van der Waals surface area (Å²) in [5.41, 5.74) is -1.35. The van der Waals surface area contributed by atoms with Gasteiger partial charge in [-0.2, -0.15) is 0 Å². The number of nitro groups is 1. The maximum Gasteiger partial charge on any atom is 0.282 e. The van der Waals surface area contributed by atoms with E-state index in [4.69, 9.17) is 0 Å². The summed E-state index contributed by atoms with van der Waals surface area (Å²) in [6.45, 7) is 0. The van der Waals surface area contributed by atoms with Crippen molar-refractivity contribution in [1.29, 1.82) is 0 Å². The Morgan fingerprint density at radius 3 is 2.21 bits per heavy atom. The molecule has 0 radical (unpaired) electrons. The molecule has 0 heterocycles. The van der Waals surface area contributed by atoms with Crippen LogP contribution in [0.5, 0.6) is 0 Å². The zero-order valence-corrected chi connectivity index (χ0v) is 6.77. The molecule has 0 saturated carbocycles. The maximum absolute atomic E-state index is 12.9. The smallest absolute Gasteiger partial charge is 0.282 e. The molecule has 0 aliphatic carbocycles. The summed E-state index contributed by atoms with van der Waals surface area (Å²) >= 11 is 0. The molecule has 0 fully saturated rings. The van der Waals surface area contributed by atoms with Crippen LogP contribution < -0.4 is 0 Å². The lowest BCUT2D eigenvalue weighted by molar-refractivity contribution is -0.385. The third kappa shape index (κ3) is 1.63. The second-order valence-corrected chi connectivity index (χ2v) is 2.43. The van der Waals surface area contributed by atoms with Crippen LogP contribution in [0.15, 0.2) is 12.1 Å². The van der Waals surface area contributed by atoms with Gasteiger partial charge in [0.2, 0.25) is 0 Å². The summed E-state index contributed by atoms with van der Waals surface area (Å²) in [7, 11) is 0. The van der Waals surface area contributed by atoms with Crippen molar-refractivity contribution in [2.24, 2.45) is 0 Å². The molecule has 0 unspecified atom stereocenters. The van der Waals surface area contributed by atoms with Gasteiger partial charge in [-0.15, -0.1) is 0 Å². The lowest BCUT2D eigenvalue weighted by Crippen LogP contribution is -1.98. The highest BCUT2D eigenvalue weighted by Gasteiger charge is 2.17. The van der Waals surface area contributed by atoms with Crippen molar-refractivity contribution in [1.82, 2.24) is 0 Å². The van der Waals surface area contributed by atoms with Crippen molar-refractivity contribution in [3.05, 3.63) is 39.2 Å². The fourth-order valence-electron chi connectivity index (χ4n) is 0.940. The predicted octanol–water partition coefficient (Wildman–Crippen LogP) is 1.36. The zero-order valence-electron chi connectivity index (χ0n) is 6.77. The Labute approximate surface area is 77.3 Å². The average Bonchev–Trinajstić information content (AvgIpc) is 2.17. The van der Waals surface area contributed by atoms with Crippen molar-refractivity contribution in [2.45, 2.75) is 0 Å². The molecule has 0 spiro atoms. The van der Waals surface area contributed by atoms with Crippen molar-refractivity contribution in [3.63, 3.8) is 0 Å². The van der Waals surface area contributed by atoms with Gasteiger partial charge in [0.25, 0.3) is 5.69 Å². The molecule has 5 nitrogen and oxygen atoms in total. The fourth-order valence-corrected chi connectivity index (χ4v) is 0.940. The molecule has 1 aromatic rings. The second kappa shape index (κ2) is 3.73. The third-order valence-corrected chi connectivity index (χ3v) is 1.60. The first-order valence-corrected chi connectivity index (χ1v) is 3.48. The van der Waals surface area contributed by atoms with E-state index >= 15 is 0 Å². The van der Waals surface area contributed by atoms with Gasteiger partial charge in [-0.1, -0.05) is 0 Å². The van der Waals surface area contributed by atoms with Gasteiger partial charge in [0, 0.05) is 0 Å². The van der Waals surface area contributed by atoms with Crippen LogP contribution in [0, 0.1) is 15.9 Å². The van der Waals surface area contributed by atoms with E-state index in [1.165, 1.54) is 0 Å². The van der Waals surface area contributed by atoms with Crippen LogP contribution in [-0.4, -0.2) is 17.5 Å².